The molecule has 2 heterocycles. The molecule has 2 aromatic carbocycles. The van der Waals surface area contributed by atoms with Gasteiger partial charge in [-0.05, 0) is 66.8 Å². The topological polar surface area (TPSA) is 38.8 Å². The fourth-order valence-corrected chi connectivity index (χ4v) is 5.79. The summed E-state index contributed by atoms with van der Waals surface area (Å²) in [6, 6.07) is 14.6. The Balaban J connectivity index is 1.41. The molecule has 1 amide bonds. The molecule has 1 atom stereocenters. The van der Waals surface area contributed by atoms with Crippen LogP contribution in [0.4, 0.5) is 11.4 Å². The van der Waals surface area contributed by atoms with Crippen LogP contribution < -0.4 is 10.2 Å². The number of carbonyl (C=O) groups is 1. The van der Waals surface area contributed by atoms with Crippen LogP contribution in [0.1, 0.15) is 74.4 Å². The van der Waals surface area contributed by atoms with Crippen molar-refractivity contribution in [3.63, 3.8) is 0 Å². The molecule has 1 saturated heterocycles. The summed E-state index contributed by atoms with van der Waals surface area (Å²) in [7, 11) is 1.88. The van der Waals surface area contributed by atoms with E-state index in [9.17, 15) is 4.79 Å². The Kier molecular flexibility index (Phi) is 8.01. The molecule has 1 N–H and O–H groups in total. The van der Waals surface area contributed by atoms with Crippen molar-refractivity contribution in [1.29, 1.82) is 0 Å². The molecule has 4 rings (SSSR count). The maximum atomic E-state index is 13.2. The van der Waals surface area contributed by atoms with E-state index in [2.05, 4.69) is 74.2 Å². The highest BCUT2D eigenvalue weighted by Gasteiger charge is 2.31. The third kappa shape index (κ3) is 6.03. The van der Waals surface area contributed by atoms with Gasteiger partial charge in [-0.3, -0.25) is 4.79 Å². The second-order valence-corrected chi connectivity index (χ2v) is 11.8. The van der Waals surface area contributed by atoms with Crippen LogP contribution in [0.3, 0.4) is 0 Å². The molecule has 37 heavy (non-hydrogen) atoms. The van der Waals surface area contributed by atoms with E-state index in [-0.39, 0.29) is 17.5 Å². The van der Waals surface area contributed by atoms with Crippen LogP contribution in [-0.2, 0) is 0 Å². The van der Waals surface area contributed by atoms with E-state index < -0.39 is 0 Å². The molecule has 2 aromatic rings. The summed E-state index contributed by atoms with van der Waals surface area (Å²) in [5.74, 6) is 0.589. The zero-order chi connectivity index (χ0) is 26.7. The number of hydrogen-bond donors (Lipinski definition) is 1. The van der Waals surface area contributed by atoms with Crippen molar-refractivity contribution in [2.45, 2.75) is 59.0 Å². The summed E-state index contributed by atoms with van der Waals surface area (Å²) >= 11 is 0. The third-order valence-electron chi connectivity index (χ3n) is 7.72. The summed E-state index contributed by atoms with van der Waals surface area (Å²) in [6.45, 7) is 20.9. The fourth-order valence-electron chi connectivity index (χ4n) is 5.79. The van der Waals surface area contributed by atoms with E-state index in [4.69, 9.17) is 0 Å². The average Bonchev–Trinajstić information content (AvgIpc) is 3.23. The number of rotatable bonds is 8. The van der Waals surface area contributed by atoms with Gasteiger partial charge < -0.3 is 20.0 Å². The largest absolute Gasteiger partial charge is 0.375 e. The molecular weight excluding hydrogens is 456 g/mol. The first-order chi connectivity index (χ1) is 17.6. The van der Waals surface area contributed by atoms with Crippen LogP contribution in [0.2, 0.25) is 0 Å². The highest BCUT2D eigenvalue weighted by atomic mass is 16.2. The number of amides is 1. The van der Waals surface area contributed by atoms with Crippen molar-refractivity contribution in [2.24, 2.45) is 5.41 Å². The minimum atomic E-state index is 0.0183. The van der Waals surface area contributed by atoms with Gasteiger partial charge >= 0.3 is 0 Å². The molecule has 1 fully saturated rings. The number of likely N-dealkylation sites (tertiary alicyclic amines) is 1. The van der Waals surface area contributed by atoms with Crippen molar-refractivity contribution in [3.8, 4) is 0 Å². The van der Waals surface area contributed by atoms with Gasteiger partial charge in [0.25, 0.3) is 5.91 Å². The molecule has 1 unspecified atom stereocenters. The normalized spacial score (nSPS) is 17.8. The second-order valence-electron chi connectivity index (χ2n) is 11.8. The Morgan fingerprint density at radius 1 is 1.16 bits per heavy atom. The van der Waals surface area contributed by atoms with E-state index in [0.717, 1.165) is 50.1 Å². The van der Waals surface area contributed by atoms with Crippen LogP contribution in [0.5, 0.6) is 0 Å². The molecule has 0 spiro atoms. The molecule has 0 radical (unpaired) electrons. The molecule has 2 aliphatic heterocycles. The van der Waals surface area contributed by atoms with Crippen LogP contribution in [0.25, 0.3) is 6.08 Å². The summed E-state index contributed by atoms with van der Waals surface area (Å²) in [5, 5.41) is 3.67. The molecule has 198 valence electrons. The van der Waals surface area contributed by atoms with Gasteiger partial charge in [-0.1, -0.05) is 64.3 Å². The number of anilines is 2. The van der Waals surface area contributed by atoms with Crippen LogP contribution in [0, 0.1) is 5.41 Å². The second kappa shape index (κ2) is 11.0. The monoisotopic (exact) mass is 500 g/mol. The number of piperidine rings is 1. The van der Waals surface area contributed by atoms with Crippen molar-refractivity contribution in [3.05, 3.63) is 78.0 Å². The Hall–Kier alpha value is -3.21. The number of allylic oxidation sites excluding steroid dienone is 1. The number of hydrogen-bond acceptors (Lipinski definition) is 4. The van der Waals surface area contributed by atoms with Gasteiger partial charge in [0, 0.05) is 37.9 Å². The van der Waals surface area contributed by atoms with Crippen molar-refractivity contribution in [1.82, 2.24) is 9.80 Å². The minimum absolute atomic E-state index is 0.0183. The van der Waals surface area contributed by atoms with Crippen LogP contribution in [0.15, 0.2) is 61.3 Å². The van der Waals surface area contributed by atoms with Gasteiger partial charge in [0.05, 0.1) is 17.9 Å². The molecule has 5 heteroatoms. The van der Waals surface area contributed by atoms with E-state index in [1.165, 1.54) is 16.9 Å². The summed E-state index contributed by atoms with van der Waals surface area (Å²) in [6.07, 6.45) is 5.15. The maximum Gasteiger partial charge on any atom is 0.254 e. The van der Waals surface area contributed by atoms with E-state index in [1.807, 2.05) is 36.2 Å². The summed E-state index contributed by atoms with van der Waals surface area (Å²) < 4.78 is 0. The molecule has 0 aromatic heterocycles. The number of fused-ring (bicyclic) bond motifs is 1. The fraction of sp³-hybridized carbons (Fsp3) is 0.469. The molecule has 0 saturated carbocycles. The zero-order valence-corrected chi connectivity index (χ0v) is 23.4. The lowest BCUT2D eigenvalue weighted by atomic mass is 9.87. The Labute approximate surface area is 223 Å². The van der Waals surface area contributed by atoms with Crippen molar-refractivity contribution < 1.29 is 4.79 Å². The van der Waals surface area contributed by atoms with Gasteiger partial charge in [-0.25, -0.2) is 0 Å². The number of nitrogens with one attached hydrogen (secondary N) is 1. The number of nitrogens with zero attached hydrogens (tertiary/aromatic N) is 3. The first-order valence-corrected chi connectivity index (χ1v) is 13.7. The standard InChI is InChI=1S/C32H44N4O/c1-8-24-12-10-11-13-27(24)31(37)34(7)22-30-33-28-15-14-26(20-29(28)36(30)9-2)25-16-18-35(19-17-25)23(3)21-32(4,5)6/h8,10-15,20,25,30,33H,1,3,9,16-19,21-22H2,2,4-7H3. The Morgan fingerprint density at radius 3 is 2.51 bits per heavy atom. The molecular formula is C32H44N4O. The van der Waals surface area contributed by atoms with Crippen LogP contribution >= 0.6 is 0 Å². The average molecular weight is 501 g/mol. The number of benzene rings is 2. The lowest BCUT2D eigenvalue weighted by molar-refractivity contribution is 0.0789. The first-order valence-electron chi connectivity index (χ1n) is 13.7. The number of carbonyl (C=O) groups excluding carboxylic acids is 1. The van der Waals surface area contributed by atoms with E-state index in [0.29, 0.717) is 18.0 Å². The third-order valence-corrected chi connectivity index (χ3v) is 7.72. The molecule has 5 nitrogen and oxygen atoms in total. The highest BCUT2D eigenvalue weighted by Crippen LogP contribution is 2.40. The summed E-state index contributed by atoms with van der Waals surface area (Å²) in [5.41, 5.74) is 6.93. The van der Waals surface area contributed by atoms with Crippen molar-refractivity contribution >= 4 is 23.4 Å². The molecule has 0 aliphatic carbocycles. The Bertz CT molecular complexity index is 1140. The predicted octanol–water partition coefficient (Wildman–Crippen LogP) is 6.81. The van der Waals surface area contributed by atoms with Gasteiger partial charge in [0.15, 0.2) is 0 Å². The lowest BCUT2D eigenvalue weighted by Gasteiger charge is -2.37. The van der Waals surface area contributed by atoms with E-state index in [1.54, 1.807) is 6.08 Å². The predicted molar refractivity (Wildman–Crippen MR) is 157 cm³/mol. The van der Waals surface area contributed by atoms with E-state index >= 15 is 0 Å². The molecule has 0 bridgehead atoms. The zero-order valence-electron chi connectivity index (χ0n) is 23.4. The SMILES string of the molecule is C=Cc1ccccc1C(=O)N(C)CC1Nc2ccc(C3CCN(C(=C)CC(C)(C)C)CC3)cc2N1CC. The smallest absolute Gasteiger partial charge is 0.254 e. The van der Waals surface area contributed by atoms with Crippen LogP contribution in [-0.4, -0.2) is 55.1 Å². The summed E-state index contributed by atoms with van der Waals surface area (Å²) in [4.78, 5) is 19.9. The lowest BCUT2D eigenvalue weighted by Crippen LogP contribution is -2.45. The van der Waals surface area contributed by atoms with Gasteiger partial charge in [0.2, 0.25) is 0 Å². The number of likely N-dealkylation sites (N-methyl/N-ethyl adjacent to an activating group) is 2. The molecule has 2 aliphatic rings. The van der Waals surface area contributed by atoms with Gasteiger partial charge in [0.1, 0.15) is 6.17 Å². The Morgan fingerprint density at radius 2 is 1.86 bits per heavy atom. The van der Waals surface area contributed by atoms with Gasteiger partial charge in [-0.2, -0.15) is 0 Å². The minimum Gasteiger partial charge on any atom is -0.375 e. The maximum absolute atomic E-state index is 13.2. The highest BCUT2D eigenvalue weighted by molar-refractivity contribution is 5.97. The van der Waals surface area contributed by atoms with Gasteiger partial charge in [-0.15, -0.1) is 0 Å². The van der Waals surface area contributed by atoms with Crippen molar-refractivity contribution in [2.75, 3.05) is 43.4 Å². The first kappa shape index (κ1) is 26.8. The quantitative estimate of drug-likeness (QED) is 0.432.